The van der Waals surface area contributed by atoms with Crippen molar-refractivity contribution in [1.82, 2.24) is 0 Å². The fourth-order valence-electron chi connectivity index (χ4n) is 1.56. The summed E-state index contributed by atoms with van der Waals surface area (Å²) in [7, 11) is 0. The minimum absolute atomic E-state index is 0.0580. The first-order valence-corrected chi connectivity index (χ1v) is 5.70. The molecule has 0 aliphatic rings. The van der Waals surface area contributed by atoms with Crippen LogP contribution in [-0.2, 0) is 0 Å². The van der Waals surface area contributed by atoms with Crippen LogP contribution in [0, 0.1) is 5.82 Å². The first kappa shape index (κ1) is 13.2. The number of para-hydroxylation sites is 1. The smallest absolute Gasteiger partial charge is 0.335 e. The second kappa shape index (κ2) is 5.16. The lowest BCUT2D eigenvalue weighted by Gasteiger charge is -2.12. The van der Waals surface area contributed by atoms with E-state index in [1.54, 1.807) is 0 Å². The molecule has 0 heterocycles. The molecule has 0 aromatic heterocycles. The van der Waals surface area contributed by atoms with Gasteiger partial charge in [-0.25, -0.2) is 9.18 Å². The van der Waals surface area contributed by atoms with Crippen molar-refractivity contribution < 1.29 is 14.3 Å². The van der Waals surface area contributed by atoms with Crippen LogP contribution in [0.3, 0.4) is 0 Å². The van der Waals surface area contributed by atoms with Crippen LogP contribution in [0.5, 0.6) is 0 Å². The maximum absolute atomic E-state index is 13.6. The van der Waals surface area contributed by atoms with E-state index in [0.29, 0.717) is 5.69 Å². The molecule has 0 amide bonds. The third-order valence-electron chi connectivity index (χ3n) is 2.52. The van der Waals surface area contributed by atoms with Crippen LogP contribution >= 0.6 is 11.6 Å². The third-order valence-corrected chi connectivity index (χ3v) is 2.84. The molecule has 0 bridgehead atoms. The largest absolute Gasteiger partial charge is 0.478 e. The molecule has 0 unspecified atom stereocenters. The van der Waals surface area contributed by atoms with E-state index in [0.717, 1.165) is 0 Å². The molecule has 0 radical (unpaired) electrons. The Hall–Kier alpha value is -2.27. The molecular formula is C13H10ClFN2O2. The summed E-state index contributed by atoms with van der Waals surface area (Å²) in [6.07, 6.45) is 0. The Morgan fingerprint density at radius 1 is 1.32 bits per heavy atom. The lowest BCUT2D eigenvalue weighted by Crippen LogP contribution is -2.02. The summed E-state index contributed by atoms with van der Waals surface area (Å²) in [5.41, 5.74) is 6.45. The van der Waals surface area contributed by atoms with Gasteiger partial charge in [0.1, 0.15) is 5.82 Å². The van der Waals surface area contributed by atoms with E-state index in [-0.39, 0.29) is 22.0 Å². The normalized spacial score (nSPS) is 10.2. The molecule has 2 rings (SSSR count). The lowest BCUT2D eigenvalue weighted by atomic mass is 10.1. The van der Waals surface area contributed by atoms with Gasteiger partial charge in [0.15, 0.2) is 0 Å². The predicted octanol–water partition coefficient (Wildman–Crippen LogP) is 3.50. The summed E-state index contributed by atoms with van der Waals surface area (Å²) in [5.74, 6) is -1.60. The van der Waals surface area contributed by atoms with Crippen LogP contribution in [0.15, 0.2) is 36.4 Å². The van der Waals surface area contributed by atoms with Gasteiger partial charge < -0.3 is 16.2 Å². The van der Waals surface area contributed by atoms with E-state index in [4.69, 9.17) is 22.4 Å². The molecule has 98 valence electrons. The highest BCUT2D eigenvalue weighted by atomic mass is 35.5. The van der Waals surface area contributed by atoms with Gasteiger partial charge in [-0.3, -0.25) is 0 Å². The van der Waals surface area contributed by atoms with Gasteiger partial charge in [-0.15, -0.1) is 0 Å². The summed E-state index contributed by atoms with van der Waals surface area (Å²) < 4.78 is 13.6. The van der Waals surface area contributed by atoms with E-state index in [1.165, 1.54) is 36.4 Å². The van der Waals surface area contributed by atoms with Gasteiger partial charge in [0.25, 0.3) is 0 Å². The molecule has 4 N–H and O–H groups in total. The van der Waals surface area contributed by atoms with Crippen LogP contribution in [0.1, 0.15) is 10.4 Å². The average molecular weight is 281 g/mol. The Morgan fingerprint density at radius 2 is 2.05 bits per heavy atom. The molecule has 19 heavy (non-hydrogen) atoms. The number of hydrogen-bond donors (Lipinski definition) is 3. The highest BCUT2D eigenvalue weighted by molar-refractivity contribution is 6.33. The average Bonchev–Trinajstić information content (AvgIpc) is 2.35. The van der Waals surface area contributed by atoms with Crippen molar-refractivity contribution in [2.45, 2.75) is 0 Å². The first-order chi connectivity index (χ1) is 8.99. The number of carboxylic acids is 1. The van der Waals surface area contributed by atoms with Crippen LogP contribution in [0.4, 0.5) is 21.5 Å². The second-order valence-electron chi connectivity index (χ2n) is 3.83. The monoisotopic (exact) mass is 280 g/mol. The predicted molar refractivity (Wildman–Crippen MR) is 72.5 cm³/mol. The van der Waals surface area contributed by atoms with Gasteiger partial charge in [0.2, 0.25) is 0 Å². The first-order valence-electron chi connectivity index (χ1n) is 5.33. The Balaban J connectivity index is 2.36. The maximum Gasteiger partial charge on any atom is 0.335 e. The van der Waals surface area contributed by atoms with Gasteiger partial charge in [-0.1, -0.05) is 17.7 Å². The molecular weight excluding hydrogens is 271 g/mol. The quantitative estimate of drug-likeness (QED) is 0.752. The van der Waals surface area contributed by atoms with Crippen molar-refractivity contribution >= 4 is 34.6 Å². The molecule has 0 fully saturated rings. The zero-order valence-electron chi connectivity index (χ0n) is 9.65. The van der Waals surface area contributed by atoms with Gasteiger partial charge in [-0.05, 0) is 30.3 Å². The molecule has 0 spiro atoms. The van der Waals surface area contributed by atoms with E-state index >= 15 is 0 Å². The number of halogens is 2. The van der Waals surface area contributed by atoms with Crippen molar-refractivity contribution in [3.05, 3.63) is 52.8 Å². The Morgan fingerprint density at radius 3 is 2.63 bits per heavy atom. The Labute approximate surface area is 113 Å². The summed E-state index contributed by atoms with van der Waals surface area (Å²) >= 11 is 5.88. The van der Waals surface area contributed by atoms with E-state index in [9.17, 15) is 9.18 Å². The molecule has 0 aliphatic heterocycles. The zero-order chi connectivity index (χ0) is 14.0. The third kappa shape index (κ3) is 2.77. The molecule has 0 atom stereocenters. The number of nitrogens with one attached hydrogen (secondary N) is 1. The fraction of sp³-hybridized carbons (Fsp3) is 0. The number of benzene rings is 2. The standard InChI is InChI=1S/C13H10ClFN2O2/c14-8-2-1-3-9(15)12(8)17-11-5-4-7(13(18)19)6-10(11)16/h1-6,17H,16H2,(H,18,19). The minimum Gasteiger partial charge on any atom is -0.478 e. The van der Waals surface area contributed by atoms with Crippen molar-refractivity contribution in [2.24, 2.45) is 0 Å². The SMILES string of the molecule is Nc1cc(C(=O)O)ccc1Nc1c(F)cccc1Cl. The fourth-order valence-corrected chi connectivity index (χ4v) is 1.77. The highest BCUT2D eigenvalue weighted by Crippen LogP contribution is 2.30. The minimum atomic E-state index is -1.08. The number of aromatic carboxylic acids is 1. The molecule has 2 aromatic rings. The molecule has 0 aliphatic carbocycles. The number of rotatable bonds is 3. The van der Waals surface area contributed by atoms with Crippen molar-refractivity contribution in [1.29, 1.82) is 0 Å². The summed E-state index contributed by atoms with van der Waals surface area (Å²) in [6.45, 7) is 0. The van der Waals surface area contributed by atoms with Crippen molar-refractivity contribution in [2.75, 3.05) is 11.1 Å². The number of nitrogens with two attached hydrogens (primary N) is 1. The zero-order valence-corrected chi connectivity index (χ0v) is 10.4. The van der Waals surface area contributed by atoms with Gasteiger partial charge in [-0.2, -0.15) is 0 Å². The van der Waals surface area contributed by atoms with E-state index in [2.05, 4.69) is 5.32 Å². The van der Waals surface area contributed by atoms with Gasteiger partial charge >= 0.3 is 5.97 Å². The number of carboxylic acid groups (broad SMARTS) is 1. The van der Waals surface area contributed by atoms with Crippen molar-refractivity contribution in [3.63, 3.8) is 0 Å². The Bertz CT molecular complexity index is 626. The number of carbonyl (C=O) groups is 1. The van der Waals surface area contributed by atoms with Gasteiger partial charge in [0, 0.05) is 0 Å². The summed E-state index contributed by atoms with van der Waals surface area (Å²) in [4.78, 5) is 10.8. The molecule has 6 heteroatoms. The maximum atomic E-state index is 13.6. The molecule has 0 saturated heterocycles. The second-order valence-corrected chi connectivity index (χ2v) is 4.24. The molecule has 2 aromatic carbocycles. The molecule has 4 nitrogen and oxygen atoms in total. The number of hydrogen-bond acceptors (Lipinski definition) is 3. The number of anilines is 3. The van der Waals surface area contributed by atoms with E-state index < -0.39 is 11.8 Å². The van der Waals surface area contributed by atoms with Gasteiger partial charge in [0.05, 0.1) is 27.6 Å². The van der Waals surface area contributed by atoms with Crippen LogP contribution < -0.4 is 11.1 Å². The van der Waals surface area contributed by atoms with E-state index in [1.807, 2.05) is 0 Å². The lowest BCUT2D eigenvalue weighted by molar-refractivity contribution is 0.0697. The van der Waals surface area contributed by atoms with Crippen LogP contribution in [-0.4, -0.2) is 11.1 Å². The summed E-state index contributed by atoms with van der Waals surface area (Å²) in [5, 5.41) is 11.8. The number of nitrogen functional groups attached to an aromatic ring is 1. The highest BCUT2D eigenvalue weighted by Gasteiger charge is 2.10. The topological polar surface area (TPSA) is 75.4 Å². The van der Waals surface area contributed by atoms with Crippen LogP contribution in [0.25, 0.3) is 0 Å². The molecule has 0 saturated carbocycles. The van der Waals surface area contributed by atoms with Crippen LogP contribution in [0.2, 0.25) is 5.02 Å². The Kier molecular flexibility index (Phi) is 3.57. The summed E-state index contributed by atoms with van der Waals surface area (Å²) in [6, 6.07) is 8.40. The van der Waals surface area contributed by atoms with Crippen molar-refractivity contribution in [3.8, 4) is 0 Å².